The van der Waals surface area contributed by atoms with Gasteiger partial charge in [-0.3, -0.25) is 0 Å². The Balaban J connectivity index is 3.37. The molecule has 0 radical (unpaired) electrons. The number of aryl methyl sites for hydroxylation is 2. The molecule has 0 aliphatic carbocycles. The molecule has 0 saturated carbocycles. The molecule has 1 aromatic carbocycles. The van der Waals surface area contributed by atoms with E-state index >= 15 is 0 Å². The first-order valence-electron chi connectivity index (χ1n) is 4.77. The van der Waals surface area contributed by atoms with Gasteiger partial charge in [-0.1, -0.05) is 23.8 Å². The number of rotatable bonds is 1. The van der Waals surface area contributed by atoms with Crippen molar-refractivity contribution in [3.8, 4) is 0 Å². The van der Waals surface area contributed by atoms with Gasteiger partial charge in [-0.05, 0) is 56.9 Å². The lowest BCUT2D eigenvalue weighted by Gasteiger charge is -2.10. The third-order valence-corrected chi connectivity index (χ3v) is 2.67. The summed E-state index contributed by atoms with van der Waals surface area (Å²) in [7, 11) is 0. The average Bonchev–Trinajstić information content (AvgIpc) is 2.10. The Morgan fingerprint density at radius 1 is 1.15 bits per heavy atom. The molecule has 1 rings (SSSR count). The van der Waals surface area contributed by atoms with Gasteiger partial charge in [-0.2, -0.15) is 0 Å². The summed E-state index contributed by atoms with van der Waals surface area (Å²) in [4.78, 5) is 0. The number of hydrogen-bond acceptors (Lipinski definition) is 0. The smallest absolute Gasteiger partial charge is 0.0196 e. The molecule has 0 fully saturated rings. The van der Waals surface area contributed by atoms with E-state index in [2.05, 4.69) is 52.8 Å². The van der Waals surface area contributed by atoms with E-state index in [1.807, 2.05) is 0 Å². The van der Waals surface area contributed by atoms with Crippen molar-refractivity contribution in [1.82, 2.24) is 0 Å². The second-order valence-electron chi connectivity index (χ2n) is 3.73. The van der Waals surface area contributed by atoms with Crippen LogP contribution in [0, 0.1) is 20.8 Å². The van der Waals surface area contributed by atoms with Crippen molar-refractivity contribution in [2.75, 3.05) is 0 Å². The van der Waals surface area contributed by atoms with Crippen LogP contribution in [0.5, 0.6) is 0 Å². The third kappa shape index (κ3) is 2.00. The second-order valence-corrected chi connectivity index (χ2v) is 3.73. The van der Waals surface area contributed by atoms with E-state index in [0.29, 0.717) is 0 Å². The summed E-state index contributed by atoms with van der Waals surface area (Å²) < 4.78 is 0. The zero-order chi connectivity index (χ0) is 10.0. The molecule has 0 bridgehead atoms. The lowest BCUT2D eigenvalue weighted by molar-refractivity contribution is 1.27. The Labute approximate surface area is 81.3 Å². The lowest BCUT2D eigenvalue weighted by Crippen LogP contribution is -1.91. The summed E-state index contributed by atoms with van der Waals surface area (Å²) in [6.45, 7) is 10.8. The summed E-state index contributed by atoms with van der Waals surface area (Å²) in [5, 5.41) is 0. The van der Waals surface area contributed by atoms with Gasteiger partial charge in [0.15, 0.2) is 0 Å². The molecule has 1 aromatic rings. The number of benzene rings is 1. The Kier molecular flexibility index (Phi) is 2.92. The van der Waals surface area contributed by atoms with E-state index in [1.165, 1.54) is 27.8 Å². The molecule has 0 N–H and O–H groups in total. The van der Waals surface area contributed by atoms with Crippen molar-refractivity contribution in [1.29, 1.82) is 0 Å². The van der Waals surface area contributed by atoms with Crippen LogP contribution in [-0.4, -0.2) is 0 Å². The molecular weight excluding hydrogens is 156 g/mol. The first-order chi connectivity index (χ1) is 6.06. The minimum Gasteiger partial charge on any atom is -0.0841 e. The molecule has 0 heterocycles. The van der Waals surface area contributed by atoms with E-state index in [4.69, 9.17) is 0 Å². The van der Waals surface area contributed by atoms with Crippen LogP contribution >= 0.6 is 0 Å². The molecular formula is C13H18. The zero-order valence-electron chi connectivity index (χ0n) is 9.23. The van der Waals surface area contributed by atoms with E-state index in [1.54, 1.807) is 0 Å². The largest absolute Gasteiger partial charge is 0.0841 e. The van der Waals surface area contributed by atoms with Crippen molar-refractivity contribution in [3.63, 3.8) is 0 Å². The summed E-state index contributed by atoms with van der Waals surface area (Å²) in [6, 6.07) is 4.50. The van der Waals surface area contributed by atoms with Crippen LogP contribution in [0.15, 0.2) is 18.2 Å². The molecule has 13 heavy (non-hydrogen) atoms. The summed E-state index contributed by atoms with van der Waals surface area (Å²) in [5.74, 6) is 0. The van der Waals surface area contributed by atoms with Crippen LogP contribution in [0.3, 0.4) is 0 Å². The third-order valence-electron chi connectivity index (χ3n) is 2.67. The Morgan fingerprint density at radius 2 is 1.77 bits per heavy atom. The standard InChI is InChI=1S/C13H18/c1-6-10(3)13-8-9(2)7-11(4)12(13)5/h6-8H,1-5H3/b10-6+. The molecule has 0 aliphatic heterocycles. The highest BCUT2D eigenvalue weighted by Crippen LogP contribution is 2.22. The highest BCUT2D eigenvalue weighted by atomic mass is 14.1. The molecule has 0 spiro atoms. The van der Waals surface area contributed by atoms with E-state index in [-0.39, 0.29) is 0 Å². The van der Waals surface area contributed by atoms with Crippen LogP contribution < -0.4 is 0 Å². The fourth-order valence-corrected chi connectivity index (χ4v) is 1.60. The van der Waals surface area contributed by atoms with Crippen molar-refractivity contribution < 1.29 is 0 Å². The average molecular weight is 174 g/mol. The second kappa shape index (κ2) is 3.78. The molecule has 0 atom stereocenters. The summed E-state index contributed by atoms with van der Waals surface area (Å²) in [6.07, 6.45) is 2.17. The molecule has 0 nitrogen and oxygen atoms in total. The van der Waals surface area contributed by atoms with Gasteiger partial charge in [0, 0.05) is 0 Å². The maximum Gasteiger partial charge on any atom is -0.0196 e. The Hall–Kier alpha value is -1.04. The van der Waals surface area contributed by atoms with Crippen LogP contribution in [-0.2, 0) is 0 Å². The normalized spacial score (nSPS) is 11.9. The minimum atomic E-state index is 1.35. The van der Waals surface area contributed by atoms with Crippen LogP contribution in [0.25, 0.3) is 5.57 Å². The molecule has 0 amide bonds. The summed E-state index contributed by atoms with van der Waals surface area (Å²) in [5.41, 5.74) is 6.89. The fourth-order valence-electron chi connectivity index (χ4n) is 1.60. The molecule has 0 aliphatic rings. The lowest BCUT2D eigenvalue weighted by atomic mass is 9.95. The predicted octanol–water partition coefficient (Wildman–Crippen LogP) is 4.04. The number of allylic oxidation sites excluding steroid dienone is 2. The quantitative estimate of drug-likeness (QED) is 0.603. The molecule has 0 saturated heterocycles. The van der Waals surface area contributed by atoms with Crippen molar-refractivity contribution in [3.05, 3.63) is 40.5 Å². The van der Waals surface area contributed by atoms with Gasteiger partial charge in [0.25, 0.3) is 0 Å². The van der Waals surface area contributed by atoms with E-state index in [0.717, 1.165) is 0 Å². The van der Waals surface area contributed by atoms with Crippen molar-refractivity contribution in [2.24, 2.45) is 0 Å². The number of hydrogen-bond donors (Lipinski definition) is 0. The SMILES string of the molecule is C/C=C(\C)c1cc(C)cc(C)c1C. The van der Waals surface area contributed by atoms with Gasteiger partial charge in [0.1, 0.15) is 0 Å². The van der Waals surface area contributed by atoms with Gasteiger partial charge in [-0.25, -0.2) is 0 Å². The molecule has 0 aromatic heterocycles. The molecule has 0 heteroatoms. The first-order valence-corrected chi connectivity index (χ1v) is 4.77. The van der Waals surface area contributed by atoms with E-state index in [9.17, 15) is 0 Å². The Morgan fingerprint density at radius 3 is 2.31 bits per heavy atom. The van der Waals surface area contributed by atoms with E-state index < -0.39 is 0 Å². The van der Waals surface area contributed by atoms with Gasteiger partial charge in [0.2, 0.25) is 0 Å². The van der Waals surface area contributed by atoms with Crippen LogP contribution in [0.4, 0.5) is 0 Å². The minimum absolute atomic E-state index is 1.35. The maximum atomic E-state index is 2.26. The summed E-state index contributed by atoms with van der Waals surface area (Å²) >= 11 is 0. The topological polar surface area (TPSA) is 0 Å². The first kappa shape index (κ1) is 10.0. The Bertz CT molecular complexity index is 343. The van der Waals surface area contributed by atoms with Crippen LogP contribution in [0.1, 0.15) is 36.1 Å². The van der Waals surface area contributed by atoms with Gasteiger partial charge >= 0.3 is 0 Å². The van der Waals surface area contributed by atoms with Crippen LogP contribution in [0.2, 0.25) is 0 Å². The highest BCUT2D eigenvalue weighted by molar-refractivity contribution is 5.67. The van der Waals surface area contributed by atoms with Crippen molar-refractivity contribution >= 4 is 5.57 Å². The highest BCUT2D eigenvalue weighted by Gasteiger charge is 2.03. The van der Waals surface area contributed by atoms with Gasteiger partial charge < -0.3 is 0 Å². The molecule has 0 unspecified atom stereocenters. The monoisotopic (exact) mass is 174 g/mol. The van der Waals surface area contributed by atoms with Crippen molar-refractivity contribution in [2.45, 2.75) is 34.6 Å². The predicted molar refractivity (Wildman–Crippen MR) is 60.0 cm³/mol. The molecule has 70 valence electrons. The van der Waals surface area contributed by atoms with Gasteiger partial charge in [0.05, 0.1) is 0 Å². The zero-order valence-corrected chi connectivity index (χ0v) is 9.23. The van der Waals surface area contributed by atoms with Gasteiger partial charge in [-0.15, -0.1) is 0 Å². The fraction of sp³-hybridized carbons (Fsp3) is 0.385. The maximum absolute atomic E-state index is 2.26.